The molecule has 8 heteroatoms. The number of halogens is 1. The topological polar surface area (TPSA) is 69.9 Å². The van der Waals surface area contributed by atoms with Crippen molar-refractivity contribution in [3.63, 3.8) is 0 Å². The van der Waals surface area contributed by atoms with Crippen molar-refractivity contribution < 1.29 is 18.7 Å². The van der Waals surface area contributed by atoms with E-state index in [4.69, 9.17) is 9.47 Å². The summed E-state index contributed by atoms with van der Waals surface area (Å²) in [5.74, 6) is -0.315. The van der Waals surface area contributed by atoms with Crippen molar-refractivity contribution in [1.82, 2.24) is 4.57 Å². The lowest BCUT2D eigenvalue weighted by Crippen LogP contribution is -2.39. The van der Waals surface area contributed by atoms with Crippen molar-refractivity contribution in [1.29, 1.82) is 0 Å². The smallest absolute Gasteiger partial charge is 0.338 e. The zero-order valence-corrected chi connectivity index (χ0v) is 18.6. The van der Waals surface area contributed by atoms with Gasteiger partial charge in [0.1, 0.15) is 11.6 Å². The first-order chi connectivity index (χ1) is 15.4. The van der Waals surface area contributed by atoms with E-state index in [1.54, 1.807) is 57.4 Å². The van der Waals surface area contributed by atoms with Crippen molar-refractivity contribution in [3.05, 3.63) is 96.4 Å². The Morgan fingerprint density at radius 3 is 2.75 bits per heavy atom. The molecule has 0 aliphatic carbocycles. The van der Waals surface area contributed by atoms with Gasteiger partial charge in [0, 0.05) is 0 Å². The molecule has 1 atom stereocenters. The summed E-state index contributed by atoms with van der Waals surface area (Å²) in [6, 6.07) is 12.5. The van der Waals surface area contributed by atoms with Crippen LogP contribution in [0.15, 0.2) is 69.6 Å². The number of nitrogens with zero attached hydrogens (tertiary/aromatic N) is 2. The summed E-state index contributed by atoms with van der Waals surface area (Å²) < 4.78 is 26.1. The molecule has 0 saturated carbocycles. The minimum absolute atomic E-state index is 0.199. The summed E-state index contributed by atoms with van der Waals surface area (Å²) in [4.78, 5) is 31.3. The van der Waals surface area contributed by atoms with E-state index in [0.717, 1.165) is 0 Å². The molecule has 2 aromatic carbocycles. The highest BCUT2D eigenvalue weighted by molar-refractivity contribution is 7.07. The molecule has 0 bridgehead atoms. The molecular formula is C24H21FN2O4S. The number of thiazole rings is 1. The number of benzene rings is 2. The van der Waals surface area contributed by atoms with Gasteiger partial charge in [0.15, 0.2) is 4.80 Å². The number of fused-ring (bicyclic) bond motifs is 1. The molecule has 0 spiro atoms. The number of hydrogen-bond acceptors (Lipinski definition) is 6. The minimum atomic E-state index is -0.727. The average molecular weight is 453 g/mol. The predicted molar refractivity (Wildman–Crippen MR) is 120 cm³/mol. The van der Waals surface area contributed by atoms with Crippen molar-refractivity contribution in [3.8, 4) is 5.75 Å². The number of methoxy groups -OCH3 is 1. The standard InChI is InChI=1S/C24H21FN2O4S/c1-4-31-23(29)20-14(2)26-24-27(21(20)16-8-6-10-18(13-16)30-3)22(28)19(32-24)12-15-7-5-9-17(25)11-15/h5-13,21H,4H2,1-3H3/b19-12+/t21-/m0/s1. The second-order valence-corrected chi connectivity index (χ2v) is 8.14. The summed E-state index contributed by atoms with van der Waals surface area (Å²) in [5.41, 5.74) is 1.72. The first-order valence-corrected chi connectivity index (χ1v) is 10.8. The zero-order chi connectivity index (χ0) is 22.8. The number of allylic oxidation sites excluding steroid dienone is 1. The van der Waals surface area contributed by atoms with Gasteiger partial charge in [0.05, 0.1) is 35.6 Å². The van der Waals surface area contributed by atoms with E-state index in [1.165, 1.54) is 28.0 Å². The Balaban J connectivity index is 1.97. The number of aromatic nitrogens is 1. The van der Waals surface area contributed by atoms with Gasteiger partial charge in [-0.05, 0) is 55.3 Å². The molecule has 6 nitrogen and oxygen atoms in total. The molecule has 0 radical (unpaired) electrons. The van der Waals surface area contributed by atoms with Crippen molar-refractivity contribution in [2.24, 2.45) is 4.99 Å². The fourth-order valence-electron chi connectivity index (χ4n) is 3.67. The fourth-order valence-corrected chi connectivity index (χ4v) is 4.71. The first-order valence-electron chi connectivity index (χ1n) is 10.0. The fraction of sp³-hybridized carbons (Fsp3) is 0.208. The van der Waals surface area contributed by atoms with Gasteiger partial charge in [-0.15, -0.1) is 0 Å². The highest BCUT2D eigenvalue weighted by Crippen LogP contribution is 2.32. The van der Waals surface area contributed by atoms with Crippen LogP contribution in [0.5, 0.6) is 5.75 Å². The predicted octanol–water partition coefficient (Wildman–Crippen LogP) is 2.95. The maximum absolute atomic E-state index is 13.6. The third kappa shape index (κ3) is 4.01. The van der Waals surface area contributed by atoms with Gasteiger partial charge in [-0.25, -0.2) is 14.2 Å². The number of esters is 1. The van der Waals surface area contributed by atoms with Crippen LogP contribution in [0.3, 0.4) is 0 Å². The number of rotatable bonds is 5. The number of carbonyl (C=O) groups excluding carboxylic acids is 1. The van der Waals surface area contributed by atoms with E-state index >= 15 is 0 Å². The average Bonchev–Trinajstić information content (AvgIpc) is 3.07. The van der Waals surface area contributed by atoms with Crippen molar-refractivity contribution in [2.75, 3.05) is 13.7 Å². The van der Waals surface area contributed by atoms with Crippen LogP contribution in [0.1, 0.15) is 31.0 Å². The van der Waals surface area contributed by atoms with Gasteiger partial charge in [0.25, 0.3) is 5.56 Å². The molecule has 164 valence electrons. The maximum atomic E-state index is 13.6. The molecule has 3 aromatic rings. The van der Waals surface area contributed by atoms with E-state index in [2.05, 4.69) is 4.99 Å². The van der Waals surface area contributed by atoms with Gasteiger partial charge < -0.3 is 9.47 Å². The van der Waals surface area contributed by atoms with Gasteiger partial charge >= 0.3 is 5.97 Å². The molecule has 0 saturated heterocycles. The summed E-state index contributed by atoms with van der Waals surface area (Å²) >= 11 is 1.19. The Bertz CT molecular complexity index is 1400. The molecule has 4 rings (SSSR count). The third-order valence-electron chi connectivity index (χ3n) is 5.07. The third-order valence-corrected chi connectivity index (χ3v) is 6.06. The van der Waals surface area contributed by atoms with Crippen LogP contribution in [0.25, 0.3) is 6.08 Å². The van der Waals surface area contributed by atoms with Gasteiger partial charge in [-0.2, -0.15) is 0 Å². The molecule has 32 heavy (non-hydrogen) atoms. The van der Waals surface area contributed by atoms with E-state index in [1.807, 2.05) is 6.07 Å². The molecular weight excluding hydrogens is 431 g/mol. The van der Waals surface area contributed by atoms with E-state index in [-0.39, 0.29) is 18.0 Å². The quantitative estimate of drug-likeness (QED) is 0.558. The van der Waals surface area contributed by atoms with Crippen LogP contribution >= 0.6 is 11.3 Å². The Morgan fingerprint density at radius 1 is 1.25 bits per heavy atom. The Kier molecular flexibility index (Phi) is 6.05. The van der Waals surface area contributed by atoms with Crippen LogP contribution in [0, 0.1) is 5.82 Å². The van der Waals surface area contributed by atoms with Crippen molar-refractivity contribution in [2.45, 2.75) is 19.9 Å². The molecule has 2 heterocycles. The number of carbonyl (C=O) groups is 1. The lowest BCUT2D eigenvalue weighted by atomic mass is 9.95. The molecule has 0 fully saturated rings. The van der Waals surface area contributed by atoms with E-state index in [9.17, 15) is 14.0 Å². The molecule has 0 amide bonds. The van der Waals surface area contributed by atoms with Gasteiger partial charge in [-0.1, -0.05) is 35.6 Å². The molecule has 0 unspecified atom stereocenters. The van der Waals surface area contributed by atoms with Crippen LogP contribution in [-0.4, -0.2) is 24.3 Å². The second-order valence-electron chi connectivity index (χ2n) is 7.13. The summed E-state index contributed by atoms with van der Waals surface area (Å²) in [5, 5.41) is 0. The largest absolute Gasteiger partial charge is 0.497 e. The molecule has 0 N–H and O–H groups in total. The normalized spacial score (nSPS) is 15.9. The summed E-state index contributed by atoms with van der Waals surface area (Å²) in [7, 11) is 1.55. The van der Waals surface area contributed by atoms with Crippen LogP contribution in [0.2, 0.25) is 0 Å². The maximum Gasteiger partial charge on any atom is 0.338 e. The lowest BCUT2D eigenvalue weighted by molar-refractivity contribution is -0.139. The van der Waals surface area contributed by atoms with Crippen LogP contribution in [0.4, 0.5) is 4.39 Å². The van der Waals surface area contributed by atoms with Crippen molar-refractivity contribution >= 4 is 23.4 Å². The SMILES string of the molecule is CCOC(=O)C1=C(C)N=c2s/c(=C/c3cccc(F)c3)c(=O)n2[C@H]1c1cccc(OC)c1. The Morgan fingerprint density at radius 2 is 2.03 bits per heavy atom. The molecule has 1 aliphatic heterocycles. The minimum Gasteiger partial charge on any atom is -0.497 e. The lowest BCUT2D eigenvalue weighted by Gasteiger charge is -2.25. The van der Waals surface area contributed by atoms with Crippen LogP contribution < -0.4 is 19.6 Å². The summed E-state index contributed by atoms with van der Waals surface area (Å²) in [6.07, 6.45) is 1.62. The van der Waals surface area contributed by atoms with Gasteiger partial charge in [0.2, 0.25) is 0 Å². The van der Waals surface area contributed by atoms with E-state index < -0.39 is 12.0 Å². The monoisotopic (exact) mass is 452 g/mol. The molecule has 1 aliphatic rings. The number of hydrogen-bond donors (Lipinski definition) is 0. The number of ether oxygens (including phenoxy) is 2. The highest BCUT2D eigenvalue weighted by atomic mass is 32.1. The van der Waals surface area contributed by atoms with E-state index in [0.29, 0.717) is 37.5 Å². The Hall–Kier alpha value is -3.52. The van der Waals surface area contributed by atoms with Crippen LogP contribution in [-0.2, 0) is 9.53 Å². The zero-order valence-electron chi connectivity index (χ0n) is 17.8. The highest BCUT2D eigenvalue weighted by Gasteiger charge is 2.33. The first kappa shape index (κ1) is 21.7. The summed E-state index contributed by atoms with van der Waals surface area (Å²) in [6.45, 7) is 3.65. The van der Waals surface area contributed by atoms with Gasteiger partial charge in [-0.3, -0.25) is 9.36 Å². The Labute approximate surface area is 187 Å². The second kappa shape index (κ2) is 8.92. The molecule has 1 aromatic heterocycles.